The number of rotatable bonds is 4. The van der Waals surface area contributed by atoms with Crippen LogP contribution in [-0.4, -0.2) is 77.0 Å². The van der Waals surface area contributed by atoms with Gasteiger partial charge in [0.15, 0.2) is 5.03 Å². The molecule has 3 rings (SSSR count). The van der Waals surface area contributed by atoms with Crippen molar-refractivity contribution in [2.45, 2.75) is 70.0 Å². The quantitative estimate of drug-likeness (QED) is 0.717. The van der Waals surface area contributed by atoms with E-state index >= 15 is 0 Å². The number of likely N-dealkylation sites (tertiary alicyclic amines) is 1. The van der Waals surface area contributed by atoms with Crippen LogP contribution in [-0.2, 0) is 26.6 Å². The Bertz CT molecular complexity index is 917. The number of hydrogen-bond donors (Lipinski definition) is 1. The van der Waals surface area contributed by atoms with Crippen LogP contribution in [0.4, 0.5) is 4.79 Å². The van der Waals surface area contributed by atoms with E-state index in [-0.39, 0.29) is 29.0 Å². The Morgan fingerprint density at radius 3 is 2.19 bits per heavy atom. The van der Waals surface area contributed by atoms with E-state index in [0.29, 0.717) is 57.7 Å². The van der Waals surface area contributed by atoms with Crippen molar-refractivity contribution in [3.63, 3.8) is 0 Å². The summed E-state index contributed by atoms with van der Waals surface area (Å²) in [7, 11) is -1.89. The highest BCUT2D eigenvalue weighted by molar-refractivity contribution is 7.89. The fraction of sp³-hybridized carbons (Fsp3) is 0.762. The van der Waals surface area contributed by atoms with Crippen LogP contribution in [0.3, 0.4) is 0 Å². The van der Waals surface area contributed by atoms with E-state index in [2.05, 4.69) is 10.3 Å². The van der Waals surface area contributed by atoms with Gasteiger partial charge in [0, 0.05) is 51.4 Å². The molecule has 32 heavy (non-hydrogen) atoms. The Balaban J connectivity index is 1.46. The topological polar surface area (TPSA) is 114 Å². The third-order valence-corrected chi connectivity index (χ3v) is 7.78. The molecule has 2 amide bonds. The van der Waals surface area contributed by atoms with E-state index < -0.39 is 15.6 Å². The lowest BCUT2D eigenvalue weighted by Crippen LogP contribution is -2.50. The molecule has 11 heteroatoms. The lowest BCUT2D eigenvalue weighted by atomic mass is 9.96. The number of nitrogens with zero attached hydrogens (tertiary/aromatic N) is 4. The van der Waals surface area contributed by atoms with Gasteiger partial charge in [0.2, 0.25) is 5.91 Å². The fourth-order valence-corrected chi connectivity index (χ4v) is 5.49. The minimum absolute atomic E-state index is 0.0134. The van der Waals surface area contributed by atoms with Crippen LogP contribution in [0.5, 0.6) is 0 Å². The molecule has 1 aromatic rings. The first-order valence-electron chi connectivity index (χ1n) is 11.2. The number of hydrogen-bond acceptors (Lipinski definition) is 6. The Morgan fingerprint density at radius 2 is 1.69 bits per heavy atom. The molecule has 3 heterocycles. The maximum atomic E-state index is 12.8. The number of aryl methyl sites for hydroxylation is 2. The SMILES string of the molecule is Cc1nc(S(=O)(=O)N2CCC(C(=O)NC3CCN(C(=O)OC(C)(C)C)CC3)CC2)cn1C. The van der Waals surface area contributed by atoms with Crippen molar-refractivity contribution in [2.75, 3.05) is 26.2 Å². The van der Waals surface area contributed by atoms with Gasteiger partial charge in [-0.15, -0.1) is 0 Å². The molecule has 0 saturated carbocycles. The van der Waals surface area contributed by atoms with Crippen LogP contribution in [0.15, 0.2) is 11.2 Å². The zero-order valence-electron chi connectivity index (χ0n) is 19.6. The first-order valence-corrected chi connectivity index (χ1v) is 12.6. The van der Waals surface area contributed by atoms with Gasteiger partial charge < -0.3 is 19.5 Å². The first-order chi connectivity index (χ1) is 14.9. The summed E-state index contributed by atoms with van der Waals surface area (Å²) < 4.78 is 34.2. The van der Waals surface area contributed by atoms with Crippen molar-refractivity contribution in [3.05, 3.63) is 12.0 Å². The number of carbonyl (C=O) groups is 2. The smallest absolute Gasteiger partial charge is 0.410 e. The second-order valence-electron chi connectivity index (χ2n) is 9.67. The zero-order chi connectivity index (χ0) is 23.7. The van der Waals surface area contributed by atoms with Crippen molar-refractivity contribution in [3.8, 4) is 0 Å². The van der Waals surface area contributed by atoms with Crippen molar-refractivity contribution < 1.29 is 22.7 Å². The molecule has 0 bridgehead atoms. The predicted octanol–water partition coefficient (Wildman–Crippen LogP) is 1.64. The molecule has 2 aliphatic heterocycles. The van der Waals surface area contributed by atoms with Crippen LogP contribution in [0.1, 0.15) is 52.3 Å². The Labute approximate surface area is 190 Å². The average Bonchev–Trinajstić information content (AvgIpc) is 3.06. The molecule has 1 N–H and O–H groups in total. The number of imidazole rings is 1. The van der Waals surface area contributed by atoms with Crippen molar-refractivity contribution in [1.82, 2.24) is 24.1 Å². The van der Waals surface area contributed by atoms with Crippen molar-refractivity contribution in [2.24, 2.45) is 13.0 Å². The molecule has 0 radical (unpaired) electrons. The summed E-state index contributed by atoms with van der Waals surface area (Å²) in [6.45, 7) is 8.96. The highest BCUT2D eigenvalue weighted by Gasteiger charge is 2.35. The standard InChI is InChI=1S/C21H35N5O5S/c1-15-22-18(14-24(15)5)32(29,30)26-12-6-16(7-13-26)19(27)23-17-8-10-25(11-9-17)20(28)31-21(2,3)4/h14,16-17H,6-13H2,1-5H3,(H,23,27). The van der Waals surface area contributed by atoms with Crippen LogP contribution in [0, 0.1) is 12.8 Å². The maximum absolute atomic E-state index is 12.8. The number of piperidine rings is 2. The van der Waals surface area contributed by atoms with Gasteiger partial charge in [-0.25, -0.2) is 18.2 Å². The molecule has 2 aliphatic rings. The molecular weight excluding hydrogens is 434 g/mol. The summed E-state index contributed by atoms with van der Waals surface area (Å²) in [5.74, 6) is 0.387. The van der Waals surface area contributed by atoms with Gasteiger partial charge in [0.1, 0.15) is 11.4 Å². The van der Waals surface area contributed by atoms with Gasteiger partial charge >= 0.3 is 6.09 Å². The number of ether oxygens (including phenoxy) is 1. The van der Waals surface area contributed by atoms with Crippen LogP contribution in [0.25, 0.3) is 0 Å². The predicted molar refractivity (Wildman–Crippen MR) is 118 cm³/mol. The normalized spacial score (nSPS) is 19.7. The fourth-order valence-electron chi connectivity index (χ4n) is 3.99. The maximum Gasteiger partial charge on any atom is 0.410 e. The monoisotopic (exact) mass is 469 g/mol. The van der Waals surface area contributed by atoms with Gasteiger partial charge in [0.25, 0.3) is 10.0 Å². The summed E-state index contributed by atoms with van der Waals surface area (Å²) in [6.07, 6.45) is 3.52. The van der Waals surface area contributed by atoms with Gasteiger partial charge in [-0.2, -0.15) is 4.31 Å². The molecule has 0 aliphatic carbocycles. The van der Waals surface area contributed by atoms with Crippen LogP contribution in [0.2, 0.25) is 0 Å². The molecule has 1 aromatic heterocycles. The molecule has 180 valence electrons. The third kappa shape index (κ3) is 5.80. The number of aromatic nitrogens is 2. The largest absolute Gasteiger partial charge is 0.444 e. The number of amides is 2. The van der Waals surface area contributed by atoms with Gasteiger partial charge in [-0.05, 0) is 53.4 Å². The highest BCUT2D eigenvalue weighted by Crippen LogP contribution is 2.24. The van der Waals surface area contributed by atoms with E-state index in [1.54, 1.807) is 23.4 Å². The summed E-state index contributed by atoms with van der Waals surface area (Å²) >= 11 is 0. The van der Waals surface area contributed by atoms with Crippen molar-refractivity contribution in [1.29, 1.82) is 0 Å². The highest BCUT2D eigenvalue weighted by atomic mass is 32.2. The molecule has 0 aromatic carbocycles. The summed E-state index contributed by atoms with van der Waals surface area (Å²) in [5, 5.41) is 3.14. The Hall–Kier alpha value is -2.14. The average molecular weight is 470 g/mol. The minimum atomic E-state index is -3.65. The second kappa shape index (κ2) is 9.38. The third-order valence-electron chi connectivity index (χ3n) is 6.01. The van der Waals surface area contributed by atoms with E-state index in [9.17, 15) is 18.0 Å². The number of sulfonamides is 1. The van der Waals surface area contributed by atoms with E-state index in [4.69, 9.17) is 4.74 Å². The summed E-state index contributed by atoms with van der Waals surface area (Å²) in [6, 6.07) is 0.0134. The number of carbonyl (C=O) groups excluding carboxylic acids is 2. The molecule has 0 spiro atoms. The van der Waals surface area contributed by atoms with Gasteiger partial charge in [-0.1, -0.05) is 0 Å². The minimum Gasteiger partial charge on any atom is -0.444 e. The molecule has 0 atom stereocenters. The van der Waals surface area contributed by atoms with Gasteiger partial charge in [-0.3, -0.25) is 4.79 Å². The molecule has 2 fully saturated rings. The van der Waals surface area contributed by atoms with E-state index in [1.165, 1.54) is 10.5 Å². The summed E-state index contributed by atoms with van der Waals surface area (Å²) in [4.78, 5) is 30.7. The Kier molecular flexibility index (Phi) is 7.18. The lowest BCUT2D eigenvalue weighted by molar-refractivity contribution is -0.127. The lowest BCUT2D eigenvalue weighted by Gasteiger charge is -2.35. The van der Waals surface area contributed by atoms with Crippen LogP contribution >= 0.6 is 0 Å². The van der Waals surface area contributed by atoms with E-state index in [1.807, 2.05) is 20.8 Å². The zero-order valence-corrected chi connectivity index (χ0v) is 20.4. The first kappa shape index (κ1) is 24.5. The van der Waals surface area contributed by atoms with Gasteiger partial charge in [0.05, 0.1) is 0 Å². The molecular formula is C21H35N5O5S. The van der Waals surface area contributed by atoms with Crippen molar-refractivity contribution >= 4 is 22.0 Å². The summed E-state index contributed by atoms with van der Waals surface area (Å²) in [5.41, 5.74) is -0.528. The number of nitrogens with one attached hydrogen (secondary N) is 1. The van der Waals surface area contributed by atoms with Crippen LogP contribution < -0.4 is 5.32 Å². The second-order valence-corrected chi connectivity index (χ2v) is 11.6. The molecule has 2 saturated heterocycles. The molecule has 0 unspecified atom stereocenters. The van der Waals surface area contributed by atoms with E-state index in [0.717, 1.165) is 0 Å². The Morgan fingerprint density at radius 1 is 1.09 bits per heavy atom. The molecule has 10 nitrogen and oxygen atoms in total.